The zero-order valence-corrected chi connectivity index (χ0v) is 11.3. The molecule has 0 bridgehead atoms. The zero-order chi connectivity index (χ0) is 14.6. The molecule has 0 heterocycles. The quantitative estimate of drug-likeness (QED) is 0.827. The number of nitrogens with two attached hydrogens (primary N) is 1. The average molecular weight is 287 g/mol. The summed E-state index contributed by atoms with van der Waals surface area (Å²) in [6, 6.07) is 5.83. The molecule has 1 aromatic carbocycles. The van der Waals surface area contributed by atoms with E-state index in [0.717, 1.165) is 18.4 Å². The van der Waals surface area contributed by atoms with Crippen molar-refractivity contribution in [2.75, 3.05) is 0 Å². The van der Waals surface area contributed by atoms with Gasteiger partial charge in [-0.3, -0.25) is 0 Å². The number of rotatable bonds is 3. The molecule has 0 radical (unpaired) electrons. The van der Waals surface area contributed by atoms with Crippen molar-refractivity contribution in [2.24, 2.45) is 11.7 Å². The first kappa shape index (κ1) is 15.2. The van der Waals surface area contributed by atoms with Crippen LogP contribution < -0.4 is 10.5 Å². The average Bonchev–Trinajstić information content (AvgIpc) is 2.66. The number of alkyl halides is 3. The lowest BCUT2D eigenvalue weighted by molar-refractivity contribution is -0.274. The van der Waals surface area contributed by atoms with Crippen LogP contribution in [0, 0.1) is 5.92 Å². The normalized spacial score (nSPS) is 19.4. The molecule has 1 aliphatic rings. The van der Waals surface area contributed by atoms with Crippen molar-refractivity contribution in [3.8, 4) is 5.75 Å². The Balaban J connectivity index is 2.01. The molecule has 1 aliphatic carbocycles. The monoisotopic (exact) mass is 287 g/mol. The lowest BCUT2D eigenvalue weighted by atomic mass is 9.88. The lowest BCUT2D eigenvalue weighted by Gasteiger charge is -2.23. The number of halogens is 3. The van der Waals surface area contributed by atoms with Crippen LogP contribution in [0.2, 0.25) is 0 Å². The van der Waals surface area contributed by atoms with Crippen molar-refractivity contribution >= 4 is 0 Å². The smallest absolute Gasteiger partial charge is 0.406 e. The van der Waals surface area contributed by atoms with Crippen LogP contribution in [0.3, 0.4) is 0 Å². The van der Waals surface area contributed by atoms with Gasteiger partial charge in [0.05, 0.1) is 0 Å². The van der Waals surface area contributed by atoms with E-state index in [4.69, 9.17) is 5.73 Å². The summed E-state index contributed by atoms with van der Waals surface area (Å²) in [7, 11) is 0. The molecule has 0 aromatic heterocycles. The maximum atomic E-state index is 12.1. The Bertz CT molecular complexity index is 408. The predicted octanol–water partition coefficient (Wildman–Crippen LogP) is 4.56. The van der Waals surface area contributed by atoms with Crippen LogP contribution in [0.5, 0.6) is 5.75 Å². The fraction of sp³-hybridized carbons (Fsp3) is 0.600. The van der Waals surface area contributed by atoms with Crippen molar-refractivity contribution in [3.05, 3.63) is 29.8 Å². The largest absolute Gasteiger partial charge is 0.573 e. The third-order valence-electron chi connectivity index (χ3n) is 3.91. The first-order chi connectivity index (χ1) is 9.46. The summed E-state index contributed by atoms with van der Waals surface area (Å²) in [6.07, 6.45) is 2.43. The van der Waals surface area contributed by atoms with Gasteiger partial charge in [0.25, 0.3) is 0 Å². The molecule has 1 fully saturated rings. The standard InChI is InChI=1S/C15H20F3NO/c16-15(17,18)20-13-9-7-12(8-10-13)14(19)11-5-3-1-2-4-6-11/h7-11,14H,1-6,19H2. The highest BCUT2D eigenvalue weighted by Crippen LogP contribution is 2.33. The van der Waals surface area contributed by atoms with Crippen LogP contribution >= 0.6 is 0 Å². The van der Waals surface area contributed by atoms with Gasteiger partial charge in [-0.15, -0.1) is 13.2 Å². The molecule has 2 nitrogen and oxygen atoms in total. The minimum atomic E-state index is -4.65. The number of hydrogen-bond donors (Lipinski definition) is 1. The zero-order valence-electron chi connectivity index (χ0n) is 11.3. The van der Waals surface area contributed by atoms with Crippen molar-refractivity contribution in [3.63, 3.8) is 0 Å². The minimum Gasteiger partial charge on any atom is -0.406 e. The molecule has 20 heavy (non-hydrogen) atoms. The molecule has 1 aromatic rings. The molecule has 1 atom stereocenters. The maximum Gasteiger partial charge on any atom is 0.573 e. The van der Waals surface area contributed by atoms with Crippen LogP contribution in [-0.4, -0.2) is 6.36 Å². The fourth-order valence-electron chi connectivity index (χ4n) is 2.83. The second kappa shape index (κ2) is 6.48. The highest BCUT2D eigenvalue weighted by molar-refractivity contribution is 5.29. The highest BCUT2D eigenvalue weighted by atomic mass is 19.4. The molecule has 2 N–H and O–H groups in total. The summed E-state index contributed by atoms with van der Waals surface area (Å²) >= 11 is 0. The van der Waals surface area contributed by atoms with E-state index in [9.17, 15) is 13.2 Å². The summed E-state index contributed by atoms with van der Waals surface area (Å²) in [5, 5.41) is 0. The van der Waals surface area contributed by atoms with Crippen LogP contribution in [0.4, 0.5) is 13.2 Å². The molecular weight excluding hydrogens is 267 g/mol. The van der Waals surface area contributed by atoms with E-state index in [1.165, 1.54) is 37.8 Å². The third-order valence-corrected chi connectivity index (χ3v) is 3.91. The Kier molecular flexibility index (Phi) is 4.91. The van der Waals surface area contributed by atoms with Crippen LogP contribution in [0.25, 0.3) is 0 Å². The third kappa shape index (κ3) is 4.40. The van der Waals surface area contributed by atoms with Gasteiger partial charge in [0.15, 0.2) is 0 Å². The van der Waals surface area contributed by atoms with Crippen LogP contribution in [0.15, 0.2) is 24.3 Å². The molecule has 1 unspecified atom stereocenters. The van der Waals surface area contributed by atoms with Crippen molar-refractivity contribution in [1.82, 2.24) is 0 Å². The number of benzene rings is 1. The number of hydrogen-bond acceptors (Lipinski definition) is 2. The Hall–Kier alpha value is -1.23. The molecular formula is C15H20F3NO. The lowest BCUT2D eigenvalue weighted by Crippen LogP contribution is -2.21. The van der Waals surface area contributed by atoms with E-state index in [0.29, 0.717) is 5.92 Å². The molecule has 112 valence electrons. The summed E-state index contributed by atoms with van der Waals surface area (Å²) in [6.45, 7) is 0. The first-order valence-corrected chi connectivity index (χ1v) is 7.07. The first-order valence-electron chi connectivity index (χ1n) is 7.07. The minimum absolute atomic E-state index is 0.104. The summed E-state index contributed by atoms with van der Waals surface area (Å²) in [5.74, 6) is 0.223. The molecule has 0 saturated heterocycles. The van der Waals surface area contributed by atoms with E-state index in [2.05, 4.69) is 4.74 Å². The predicted molar refractivity (Wildman–Crippen MR) is 71.2 cm³/mol. The van der Waals surface area contributed by atoms with Gasteiger partial charge >= 0.3 is 6.36 Å². The second-order valence-corrected chi connectivity index (χ2v) is 5.39. The van der Waals surface area contributed by atoms with Gasteiger partial charge in [0.1, 0.15) is 5.75 Å². The highest BCUT2D eigenvalue weighted by Gasteiger charge is 2.31. The summed E-state index contributed by atoms with van der Waals surface area (Å²) in [5.41, 5.74) is 7.13. The SMILES string of the molecule is NC(c1ccc(OC(F)(F)F)cc1)C1CCCCCC1. The van der Waals surface area contributed by atoms with Crippen LogP contribution in [0.1, 0.15) is 50.1 Å². The molecule has 0 spiro atoms. The Morgan fingerprint density at radius 2 is 1.55 bits per heavy atom. The van der Waals surface area contributed by atoms with Gasteiger partial charge in [0, 0.05) is 6.04 Å². The van der Waals surface area contributed by atoms with E-state index in [1.54, 1.807) is 12.1 Å². The molecule has 2 rings (SSSR count). The van der Waals surface area contributed by atoms with E-state index in [1.807, 2.05) is 0 Å². The molecule has 5 heteroatoms. The fourth-order valence-corrected chi connectivity index (χ4v) is 2.83. The van der Waals surface area contributed by atoms with Gasteiger partial charge in [-0.1, -0.05) is 37.8 Å². The Morgan fingerprint density at radius 1 is 1.00 bits per heavy atom. The van der Waals surface area contributed by atoms with E-state index in [-0.39, 0.29) is 11.8 Å². The molecule has 1 saturated carbocycles. The van der Waals surface area contributed by atoms with Gasteiger partial charge in [0.2, 0.25) is 0 Å². The van der Waals surface area contributed by atoms with E-state index >= 15 is 0 Å². The summed E-state index contributed by atoms with van der Waals surface area (Å²) in [4.78, 5) is 0. The van der Waals surface area contributed by atoms with Gasteiger partial charge in [-0.25, -0.2) is 0 Å². The van der Waals surface area contributed by atoms with Crippen molar-refractivity contribution in [1.29, 1.82) is 0 Å². The summed E-state index contributed by atoms with van der Waals surface area (Å²) < 4.78 is 40.1. The van der Waals surface area contributed by atoms with Crippen molar-refractivity contribution < 1.29 is 17.9 Å². The van der Waals surface area contributed by atoms with Crippen LogP contribution in [-0.2, 0) is 0 Å². The van der Waals surface area contributed by atoms with Gasteiger partial charge in [-0.05, 0) is 36.5 Å². The Morgan fingerprint density at radius 3 is 2.05 bits per heavy atom. The topological polar surface area (TPSA) is 35.2 Å². The molecule has 0 amide bonds. The van der Waals surface area contributed by atoms with Gasteiger partial charge in [-0.2, -0.15) is 0 Å². The number of ether oxygens (including phenoxy) is 1. The van der Waals surface area contributed by atoms with E-state index < -0.39 is 6.36 Å². The second-order valence-electron chi connectivity index (χ2n) is 5.39. The van der Waals surface area contributed by atoms with Crippen molar-refractivity contribution in [2.45, 2.75) is 50.9 Å². The maximum absolute atomic E-state index is 12.1. The van der Waals surface area contributed by atoms with Gasteiger partial charge < -0.3 is 10.5 Å². The molecule has 0 aliphatic heterocycles. The Labute approximate surface area is 117 Å².